The molecule has 0 spiro atoms. The van der Waals surface area contributed by atoms with Crippen molar-refractivity contribution in [1.29, 1.82) is 0 Å². The minimum atomic E-state index is -0.509. The Morgan fingerprint density at radius 2 is 1.96 bits per heavy atom. The second-order valence-corrected chi connectivity index (χ2v) is 7.05. The molecule has 0 saturated carbocycles. The van der Waals surface area contributed by atoms with Crippen molar-refractivity contribution in [3.8, 4) is 11.5 Å². The normalized spacial score (nSPS) is 21.6. The number of fused-ring (bicyclic) bond motifs is 1. The maximum absolute atomic E-state index is 12.7. The van der Waals surface area contributed by atoms with Crippen LogP contribution in [-0.4, -0.2) is 85.5 Å². The van der Waals surface area contributed by atoms with E-state index >= 15 is 0 Å². The van der Waals surface area contributed by atoms with E-state index in [1.54, 1.807) is 44.1 Å². The average molecular weight is 390 g/mol. The Bertz CT molecular complexity index is 784. The summed E-state index contributed by atoms with van der Waals surface area (Å²) >= 11 is 0. The van der Waals surface area contributed by atoms with Gasteiger partial charge in [-0.3, -0.25) is 9.59 Å². The molecule has 1 N–H and O–H groups in total. The van der Waals surface area contributed by atoms with Crippen LogP contribution in [0.3, 0.4) is 0 Å². The third-order valence-corrected chi connectivity index (χ3v) is 5.25. The molecular weight excluding hydrogens is 364 g/mol. The SMILES string of the molecule is COc1cccc(CNC(=O)CN2C[C@@H]3CN(C)C(=O)[C@H](C)N3C2=O)c1OC. The van der Waals surface area contributed by atoms with Crippen molar-refractivity contribution in [2.45, 2.75) is 25.6 Å². The standard InChI is InChI=1S/C19H26N4O5/c1-12-18(25)21(2)9-14-10-22(19(26)23(12)14)11-16(24)20-8-13-6-5-7-15(27-3)17(13)28-4/h5-7,12,14H,8-11H2,1-4H3,(H,20,24)/t12-,14-/m0/s1. The number of likely N-dealkylation sites (N-methyl/N-ethyl adjacent to an activating group) is 1. The van der Waals surface area contributed by atoms with Crippen molar-refractivity contribution in [1.82, 2.24) is 20.0 Å². The van der Waals surface area contributed by atoms with Crippen molar-refractivity contribution >= 4 is 17.8 Å². The predicted octanol–water partition coefficient (Wildman–Crippen LogP) is 0.287. The van der Waals surface area contributed by atoms with Crippen LogP contribution in [0.2, 0.25) is 0 Å². The minimum Gasteiger partial charge on any atom is -0.493 e. The number of nitrogens with zero attached hydrogens (tertiary/aromatic N) is 3. The van der Waals surface area contributed by atoms with Gasteiger partial charge in [0.1, 0.15) is 12.6 Å². The molecule has 0 unspecified atom stereocenters. The molecule has 1 aromatic carbocycles. The molecule has 2 fully saturated rings. The van der Waals surface area contributed by atoms with Gasteiger partial charge < -0.3 is 29.5 Å². The highest BCUT2D eigenvalue weighted by atomic mass is 16.5. The molecule has 9 nitrogen and oxygen atoms in total. The highest BCUT2D eigenvalue weighted by Crippen LogP contribution is 2.30. The third kappa shape index (κ3) is 3.56. The molecular formula is C19H26N4O5. The Labute approximate surface area is 164 Å². The molecule has 2 heterocycles. The number of rotatable bonds is 6. The summed E-state index contributed by atoms with van der Waals surface area (Å²) in [5.41, 5.74) is 0.779. The van der Waals surface area contributed by atoms with E-state index in [2.05, 4.69) is 5.32 Å². The quantitative estimate of drug-likeness (QED) is 0.754. The van der Waals surface area contributed by atoms with Crippen LogP contribution in [0.5, 0.6) is 11.5 Å². The number of benzene rings is 1. The lowest BCUT2D eigenvalue weighted by Gasteiger charge is -2.38. The van der Waals surface area contributed by atoms with Crippen LogP contribution < -0.4 is 14.8 Å². The van der Waals surface area contributed by atoms with Crippen LogP contribution >= 0.6 is 0 Å². The first-order valence-corrected chi connectivity index (χ1v) is 9.16. The zero-order valence-corrected chi connectivity index (χ0v) is 16.6. The van der Waals surface area contributed by atoms with Gasteiger partial charge in [0.05, 0.1) is 20.3 Å². The fourth-order valence-corrected chi connectivity index (χ4v) is 3.86. The number of para-hydroxylation sites is 1. The fourth-order valence-electron chi connectivity index (χ4n) is 3.86. The molecule has 4 amide bonds. The fraction of sp³-hybridized carbons (Fsp3) is 0.526. The number of methoxy groups -OCH3 is 2. The van der Waals surface area contributed by atoms with Gasteiger partial charge in [0.25, 0.3) is 0 Å². The van der Waals surface area contributed by atoms with Crippen molar-refractivity contribution < 1.29 is 23.9 Å². The predicted molar refractivity (Wildman–Crippen MR) is 101 cm³/mol. The van der Waals surface area contributed by atoms with E-state index in [-0.39, 0.29) is 37.0 Å². The number of hydrogen-bond donors (Lipinski definition) is 1. The maximum atomic E-state index is 12.7. The summed E-state index contributed by atoms with van der Waals surface area (Å²) < 4.78 is 10.6. The summed E-state index contributed by atoms with van der Waals surface area (Å²) in [5, 5.41) is 2.82. The highest BCUT2D eigenvalue weighted by Gasteiger charge is 2.47. The number of hydrogen-bond acceptors (Lipinski definition) is 5. The van der Waals surface area contributed by atoms with Gasteiger partial charge in [0.2, 0.25) is 11.8 Å². The van der Waals surface area contributed by atoms with E-state index in [0.717, 1.165) is 5.56 Å². The number of amides is 4. The minimum absolute atomic E-state index is 0.0528. The Hall–Kier alpha value is -2.97. The molecule has 2 atom stereocenters. The molecule has 0 aromatic heterocycles. The molecule has 0 aliphatic carbocycles. The monoisotopic (exact) mass is 390 g/mol. The molecule has 3 rings (SSSR count). The summed E-state index contributed by atoms with van der Waals surface area (Å²) in [4.78, 5) is 41.9. The van der Waals surface area contributed by atoms with Crippen molar-refractivity contribution in [3.63, 3.8) is 0 Å². The molecule has 1 aromatic rings. The Balaban J connectivity index is 1.60. The number of carbonyl (C=O) groups is 3. The number of ether oxygens (including phenoxy) is 2. The Morgan fingerprint density at radius 1 is 1.21 bits per heavy atom. The molecule has 2 aliphatic rings. The molecule has 2 saturated heterocycles. The summed E-state index contributed by atoms with van der Waals surface area (Å²) in [6, 6.07) is 4.57. The topological polar surface area (TPSA) is 91.4 Å². The van der Waals surface area contributed by atoms with E-state index < -0.39 is 6.04 Å². The summed E-state index contributed by atoms with van der Waals surface area (Å²) in [6.07, 6.45) is 0. The van der Waals surface area contributed by atoms with E-state index in [9.17, 15) is 14.4 Å². The molecule has 0 radical (unpaired) electrons. The zero-order valence-electron chi connectivity index (χ0n) is 16.6. The van der Waals surface area contributed by atoms with Crippen molar-refractivity contribution in [3.05, 3.63) is 23.8 Å². The maximum Gasteiger partial charge on any atom is 0.321 e. The number of piperazine rings is 1. The first-order valence-electron chi connectivity index (χ1n) is 9.16. The number of carbonyl (C=O) groups excluding carboxylic acids is 3. The highest BCUT2D eigenvalue weighted by molar-refractivity contribution is 5.91. The van der Waals surface area contributed by atoms with E-state index in [1.807, 2.05) is 12.1 Å². The van der Waals surface area contributed by atoms with Gasteiger partial charge in [0.15, 0.2) is 11.5 Å². The van der Waals surface area contributed by atoms with Crippen LogP contribution in [0.4, 0.5) is 4.79 Å². The summed E-state index contributed by atoms with van der Waals surface area (Å²) in [5.74, 6) is 0.796. The summed E-state index contributed by atoms with van der Waals surface area (Å²) in [6.45, 7) is 2.83. The lowest BCUT2D eigenvalue weighted by Crippen LogP contribution is -2.58. The van der Waals surface area contributed by atoms with Gasteiger partial charge >= 0.3 is 6.03 Å². The van der Waals surface area contributed by atoms with E-state index in [1.165, 1.54) is 4.90 Å². The number of urea groups is 1. The number of nitrogens with one attached hydrogen (secondary N) is 1. The lowest BCUT2D eigenvalue weighted by molar-refractivity contribution is -0.139. The van der Waals surface area contributed by atoms with Gasteiger partial charge in [-0.15, -0.1) is 0 Å². The van der Waals surface area contributed by atoms with Gasteiger partial charge in [-0.2, -0.15) is 0 Å². The molecule has 152 valence electrons. The largest absolute Gasteiger partial charge is 0.493 e. The first-order chi connectivity index (χ1) is 13.4. The van der Waals surface area contributed by atoms with Crippen molar-refractivity contribution in [2.75, 3.05) is 40.9 Å². The average Bonchev–Trinajstić information content (AvgIpc) is 2.99. The third-order valence-electron chi connectivity index (χ3n) is 5.25. The zero-order chi connectivity index (χ0) is 20.4. The first kappa shape index (κ1) is 19.8. The van der Waals surface area contributed by atoms with Crippen molar-refractivity contribution in [2.24, 2.45) is 0 Å². The second kappa shape index (κ2) is 7.95. The van der Waals surface area contributed by atoms with Crippen LogP contribution in [0.25, 0.3) is 0 Å². The second-order valence-electron chi connectivity index (χ2n) is 7.05. The molecule has 9 heteroatoms. The Morgan fingerprint density at radius 3 is 2.64 bits per heavy atom. The van der Waals surface area contributed by atoms with Gasteiger partial charge in [-0.1, -0.05) is 12.1 Å². The van der Waals surface area contributed by atoms with E-state index in [4.69, 9.17) is 9.47 Å². The van der Waals surface area contributed by atoms with Gasteiger partial charge in [0, 0.05) is 32.2 Å². The van der Waals surface area contributed by atoms with Gasteiger partial charge in [-0.25, -0.2) is 4.79 Å². The van der Waals surface area contributed by atoms with Crippen LogP contribution in [0, 0.1) is 0 Å². The van der Waals surface area contributed by atoms with Crippen LogP contribution in [0.15, 0.2) is 18.2 Å². The molecule has 2 aliphatic heterocycles. The molecule has 28 heavy (non-hydrogen) atoms. The van der Waals surface area contributed by atoms with Gasteiger partial charge in [-0.05, 0) is 13.0 Å². The molecule has 0 bridgehead atoms. The van der Waals surface area contributed by atoms with Crippen LogP contribution in [-0.2, 0) is 16.1 Å². The Kier molecular flexibility index (Phi) is 5.62. The van der Waals surface area contributed by atoms with E-state index in [0.29, 0.717) is 24.6 Å². The lowest BCUT2D eigenvalue weighted by atomic mass is 10.1. The smallest absolute Gasteiger partial charge is 0.321 e. The van der Waals surface area contributed by atoms with Crippen LogP contribution in [0.1, 0.15) is 12.5 Å². The summed E-state index contributed by atoms with van der Waals surface area (Å²) in [7, 11) is 4.83.